The van der Waals surface area contributed by atoms with Crippen molar-refractivity contribution >= 4 is 20.2 Å². The molecule has 0 amide bonds. The van der Waals surface area contributed by atoms with Crippen LogP contribution < -0.4 is 24.8 Å². The van der Waals surface area contributed by atoms with Crippen LogP contribution in [-0.4, -0.2) is 8.07 Å². The van der Waals surface area contributed by atoms with Gasteiger partial charge in [0.05, 0.1) is 8.07 Å². The van der Waals surface area contributed by atoms with E-state index in [-0.39, 0.29) is 50.7 Å². The molecule has 4 rings (SSSR count). The summed E-state index contributed by atoms with van der Waals surface area (Å²) in [6, 6.07) is 18.0. The second-order valence-corrected chi connectivity index (χ2v) is 12.5. The Morgan fingerprint density at radius 2 is 1.00 bits per heavy atom. The molecule has 0 heterocycles. The Hall–Kier alpha value is -0.413. The quantitative estimate of drug-likeness (QED) is 0.456. The number of halogens is 2. The molecular weight excluding hydrogens is 542 g/mol. The number of hydrogen-bond donors (Lipinski definition) is 0. The third kappa shape index (κ3) is 3.63. The standard InChI is InChI=1S/C22H24Si.2ClH.Hf/c1-15-13-17-9-5-7-11-19(17)21(15)23(3,4)22-16(2)14-18-10-6-8-12-20(18)22;;;/h5-14,21-22H,1-4H3;2*1H;/q;;;+2/p-2. The van der Waals surface area contributed by atoms with Crippen LogP contribution in [0.25, 0.3) is 12.2 Å². The fourth-order valence-electron chi connectivity index (χ4n) is 5.10. The molecule has 0 aromatic heterocycles. The largest absolute Gasteiger partial charge is 2.00 e. The van der Waals surface area contributed by atoms with Crippen molar-refractivity contribution in [1.29, 1.82) is 0 Å². The van der Waals surface area contributed by atoms with Crippen molar-refractivity contribution in [3.63, 3.8) is 0 Å². The first-order valence-electron chi connectivity index (χ1n) is 8.54. The second-order valence-electron chi connectivity index (χ2n) is 7.72. The maximum absolute atomic E-state index is 2.58. The van der Waals surface area contributed by atoms with Crippen molar-refractivity contribution in [3.8, 4) is 0 Å². The van der Waals surface area contributed by atoms with Gasteiger partial charge < -0.3 is 24.8 Å². The molecule has 0 N–H and O–H groups in total. The van der Waals surface area contributed by atoms with Crippen LogP contribution in [-0.2, 0) is 25.8 Å². The van der Waals surface area contributed by atoms with Crippen molar-refractivity contribution in [2.24, 2.45) is 0 Å². The average molecular weight is 566 g/mol. The Bertz CT molecular complexity index is 785. The SMILES string of the molecule is CC1=Cc2ccccc2C1[Si](C)(C)C1C(C)=Cc2ccccc21.[Cl-].[Cl-].[Hf+2]. The predicted molar refractivity (Wildman–Crippen MR) is 103 cm³/mol. The summed E-state index contributed by atoms with van der Waals surface area (Å²) in [7, 11) is -1.60. The molecule has 0 saturated carbocycles. The summed E-state index contributed by atoms with van der Waals surface area (Å²) < 4.78 is 0. The van der Waals surface area contributed by atoms with Crippen LogP contribution in [0.4, 0.5) is 0 Å². The Morgan fingerprint density at radius 3 is 1.38 bits per heavy atom. The van der Waals surface area contributed by atoms with Crippen LogP contribution in [0.5, 0.6) is 0 Å². The van der Waals surface area contributed by atoms with Crippen LogP contribution in [0, 0.1) is 0 Å². The van der Waals surface area contributed by atoms with Crippen molar-refractivity contribution in [3.05, 3.63) is 81.9 Å². The zero-order chi connectivity index (χ0) is 16.2. The average Bonchev–Trinajstić information content (AvgIpc) is 3.02. The van der Waals surface area contributed by atoms with Crippen molar-refractivity contribution in [1.82, 2.24) is 0 Å². The third-order valence-corrected chi connectivity index (χ3v) is 10.3. The van der Waals surface area contributed by atoms with Crippen LogP contribution >= 0.6 is 0 Å². The molecule has 26 heavy (non-hydrogen) atoms. The molecule has 2 unspecified atom stereocenters. The molecule has 0 aliphatic heterocycles. The zero-order valence-corrected chi connectivity index (χ0v) is 21.8. The van der Waals surface area contributed by atoms with Gasteiger partial charge in [-0.2, -0.15) is 0 Å². The van der Waals surface area contributed by atoms with Gasteiger partial charge in [-0.1, -0.05) is 84.9 Å². The van der Waals surface area contributed by atoms with E-state index in [1.807, 2.05) is 0 Å². The fourth-order valence-corrected chi connectivity index (χ4v) is 10.1. The van der Waals surface area contributed by atoms with Crippen LogP contribution in [0.3, 0.4) is 0 Å². The van der Waals surface area contributed by atoms with Gasteiger partial charge in [0.15, 0.2) is 0 Å². The first kappa shape index (κ1) is 23.6. The molecular formula is C22H24Cl2HfSi. The van der Waals surface area contributed by atoms with Gasteiger partial charge in [0.1, 0.15) is 0 Å². The number of rotatable bonds is 2. The van der Waals surface area contributed by atoms with Crippen LogP contribution in [0.15, 0.2) is 59.7 Å². The van der Waals surface area contributed by atoms with E-state index in [1.165, 1.54) is 11.1 Å². The van der Waals surface area contributed by atoms with E-state index in [1.54, 1.807) is 22.3 Å². The van der Waals surface area contributed by atoms with Gasteiger partial charge in [0, 0.05) is 11.1 Å². The molecule has 2 aliphatic carbocycles. The Balaban J connectivity index is 0.00000113. The number of hydrogen-bond acceptors (Lipinski definition) is 0. The first-order valence-corrected chi connectivity index (χ1v) is 11.7. The van der Waals surface area contributed by atoms with E-state index in [0.29, 0.717) is 11.1 Å². The summed E-state index contributed by atoms with van der Waals surface area (Å²) in [5, 5.41) is 0. The van der Waals surface area contributed by atoms with Gasteiger partial charge in [0.25, 0.3) is 0 Å². The van der Waals surface area contributed by atoms with E-state index in [4.69, 9.17) is 0 Å². The van der Waals surface area contributed by atoms with Crippen LogP contribution in [0.2, 0.25) is 13.1 Å². The molecule has 134 valence electrons. The van der Waals surface area contributed by atoms with Crippen LogP contribution in [0.1, 0.15) is 47.2 Å². The zero-order valence-electron chi connectivity index (χ0n) is 15.7. The minimum atomic E-state index is -1.60. The molecule has 0 nitrogen and oxygen atoms in total. The number of fused-ring (bicyclic) bond motifs is 2. The minimum absolute atomic E-state index is 0. The smallest absolute Gasteiger partial charge is 1.00 e. The molecule has 2 aromatic rings. The summed E-state index contributed by atoms with van der Waals surface area (Å²) in [6.07, 6.45) is 4.82. The van der Waals surface area contributed by atoms with Crippen molar-refractivity contribution in [2.45, 2.75) is 38.0 Å². The summed E-state index contributed by atoms with van der Waals surface area (Å²) in [5.41, 5.74) is 10.3. The molecule has 0 saturated heterocycles. The monoisotopic (exact) mass is 566 g/mol. The molecule has 0 bridgehead atoms. The molecule has 0 radical (unpaired) electrons. The van der Waals surface area contributed by atoms with E-state index in [0.717, 1.165) is 0 Å². The first-order chi connectivity index (χ1) is 11.0. The van der Waals surface area contributed by atoms with E-state index in [2.05, 4.69) is 87.6 Å². The Kier molecular flexibility index (Phi) is 7.93. The summed E-state index contributed by atoms with van der Waals surface area (Å²) in [5.74, 6) is 0. The van der Waals surface area contributed by atoms with Gasteiger partial charge in [-0.25, -0.2) is 0 Å². The molecule has 0 spiro atoms. The van der Waals surface area contributed by atoms with Gasteiger partial charge >= 0.3 is 25.8 Å². The van der Waals surface area contributed by atoms with Gasteiger partial charge in [-0.3, -0.25) is 0 Å². The fraction of sp³-hybridized carbons (Fsp3) is 0.273. The Morgan fingerprint density at radius 1 is 0.654 bits per heavy atom. The number of benzene rings is 2. The van der Waals surface area contributed by atoms with Gasteiger partial charge in [-0.05, 0) is 36.1 Å². The summed E-state index contributed by atoms with van der Waals surface area (Å²) in [6.45, 7) is 9.83. The molecule has 0 fully saturated rings. The third-order valence-electron chi connectivity index (χ3n) is 5.78. The van der Waals surface area contributed by atoms with Crippen molar-refractivity contribution in [2.75, 3.05) is 0 Å². The summed E-state index contributed by atoms with van der Waals surface area (Å²) in [4.78, 5) is 0. The van der Waals surface area contributed by atoms with Gasteiger partial charge in [0.2, 0.25) is 0 Å². The van der Waals surface area contributed by atoms with E-state index in [9.17, 15) is 0 Å². The normalized spacial score (nSPS) is 19.8. The molecule has 4 heteroatoms. The summed E-state index contributed by atoms with van der Waals surface area (Å²) >= 11 is 0. The topological polar surface area (TPSA) is 0 Å². The van der Waals surface area contributed by atoms with E-state index < -0.39 is 8.07 Å². The molecule has 2 atom stereocenters. The minimum Gasteiger partial charge on any atom is -1.00 e. The van der Waals surface area contributed by atoms with Crippen molar-refractivity contribution < 1.29 is 50.7 Å². The maximum atomic E-state index is 2.58. The molecule has 2 aliphatic rings. The number of allylic oxidation sites excluding steroid dienone is 2. The predicted octanol–water partition coefficient (Wildman–Crippen LogP) is 0.180. The van der Waals surface area contributed by atoms with E-state index >= 15 is 0 Å². The second kappa shape index (κ2) is 8.73. The maximum Gasteiger partial charge on any atom is 2.00 e. The Labute approximate surface area is 189 Å². The van der Waals surface area contributed by atoms with Gasteiger partial charge in [-0.15, -0.1) is 0 Å². The molecule has 2 aromatic carbocycles.